The van der Waals surface area contributed by atoms with Gasteiger partial charge in [-0.25, -0.2) is 4.79 Å². The molecule has 22 heavy (non-hydrogen) atoms. The molecule has 0 amide bonds. The Balaban J connectivity index is 2.01. The molecule has 1 heterocycles. The molecule has 2 rings (SSSR count). The summed E-state index contributed by atoms with van der Waals surface area (Å²) in [5, 5.41) is 9.96. The zero-order valence-electron chi connectivity index (χ0n) is 13.5. The summed E-state index contributed by atoms with van der Waals surface area (Å²) in [4.78, 5) is 13.7. The quantitative estimate of drug-likeness (QED) is 0.834. The number of hydrogen-bond donors (Lipinski definition) is 1. The molecule has 4 nitrogen and oxygen atoms in total. The fraction of sp³-hybridized carbons (Fsp3) is 0.471. The number of aromatic carboxylic acids is 1. The molecule has 0 bridgehead atoms. The van der Waals surface area contributed by atoms with Gasteiger partial charge in [0.2, 0.25) is 0 Å². The van der Waals surface area contributed by atoms with Crippen LogP contribution in [-0.4, -0.2) is 41.2 Å². The van der Waals surface area contributed by atoms with E-state index in [9.17, 15) is 4.79 Å². The lowest BCUT2D eigenvalue weighted by atomic mass is 10.2. The van der Waals surface area contributed by atoms with Gasteiger partial charge in [0.05, 0.1) is 0 Å². The summed E-state index contributed by atoms with van der Waals surface area (Å²) in [5.41, 5.74) is 0. The van der Waals surface area contributed by atoms with Crippen molar-refractivity contribution in [2.45, 2.75) is 39.8 Å². The second-order valence-corrected chi connectivity index (χ2v) is 6.97. The number of nitrogens with zero attached hydrogens (tertiary/aromatic N) is 1. The van der Waals surface area contributed by atoms with Crippen LogP contribution in [0.3, 0.4) is 0 Å². The van der Waals surface area contributed by atoms with Gasteiger partial charge < -0.3 is 9.84 Å². The van der Waals surface area contributed by atoms with Crippen LogP contribution >= 0.6 is 11.3 Å². The van der Waals surface area contributed by atoms with E-state index in [1.165, 1.54) is 11.3 Å². The van der Waals surface area contributed by atoms with Crippen LogP contribution in [-0.2, 0) is 0 Å². The maximum atomic E-state index is 11.0. The molecular weight excluding hydrogens is 298 g/mol. The van der Waals surface area contributed by atoms with E-state index >= 15 is 0 Å². The third-order valence-electron chi connectivity index (χ3n) is 3.64. The first-order chi connectivity index (χ1) is 10.4. The Hall–Kier alpha value is -1.59. The molecule has 0 atom stereocenters. The molecule has 0 aliphatic rings. The number of carbonyl (C=O) groups is 1. The van der Waals surface area contributed by atoms with Crippen molar-refractivity contribution in [2.75, 3.05) is 13.2 Å². The van der Waals surface area contributed by atoms with E-state index in [4.69, 9.17) is 9.84 Å². The molecule has 0 aliphatic carbocycles. The van der Waals surface area contributed by atoms with Gasteiger partial charge >= 0.3 is 5.97 Å². The summed E-state index contributed by atoms with van der Waals surface area (Å²) in [6.07, 6.45) is 0. The van der Waals surface area contributed by atoms with E-state index in [0.29, 0.717) is 23.6 Å². The van der Waals surface area contributed by atoms with Crippen LogP contribution in [0.25, 0.3) is 10.1 Å². The minimum absolute atomic E-state index is 0.359. The van der Waals surface area contributed by atoms with Crippen LogP contribution in [0.5, 0.6) is 5.75 Å². The van der Waals surface area contributed by atoms with Crippen molar-refractivity contribution in [3.63, 3.8) is 0 Å². The monoisotopic (exact) mass is 321 g/mol. The predicted octanol–water partition coefficient (Wildman–Crippen LogP) is 4.10. The van der Waals surface area contributed by atoms with Gasteiger partial charge in [-0.15, -0.1) is 11.3 Å². The molecule has 0 spiro atoms. The first-order valence-corrected chi connectivity index (χ1v) is 8.35. The number of fused-ring (bicyclic) bond motifs is 1. The third-order valence-corrected chi connectivity index (χ3v) is 4.75. The highest BCUT2D eigenvalue weighted by molar-refractivity contribution is 7.20. The summed E-state index contributed by atoms with van der Waals surface area (Å²) in [6.45, 7) is 10.2. The number of thiophene rings is 1. The Morgan fingerprint density at radius 2 is 1.91 bits per heavy atom. The van der Waals surface area contributed by atoms with Crippen molar-refractivity contribution in [1.82, 2.24) is 4.90 Å². The van der Waals surface area contributed by atoms with Gasteiger partial charge in [-0.3, -0.25) is 4.90 Å². The summed E-state index contributed by atoms with van der Waals surface area (Å²) in [7, 11) is 0. The first-order valence-electron chi connectivity index (χ1n) is 7.54. The molecule has 2 aromatic rings. The van der Waals surface area contributed by atoms with Gasteiger partial charge in [0.25, 0.3) is 0 Å². The van der Waals surface area contributed by atoms with E-state index in [2.05, 4.69) is 32.6 Å². The normalized spacial score (nSPS) is 11.8. The van der Waals surface area contributed by atoms with Gasteiger partial charge in [-0.1, -0.05) is 0 Å². The molecule has 0 aliphatic heterocycles. The Morgan fingerprint density at radius 3 is 2.50 bits per heavy atom. The SMILES string of the molecule is CC(C)N(CCOc1ccc2sc(C(=O)O)cc2c1)C(C)C. The van der Waals surface area contributed by atoms with Crippen LogP contribution in [0.4, 0.5) is 0 Å². The predicted molar refractivity (Wildman–Crippen MR) is 91.3 cm³/mol. The van der Waals surface area contributed by atoms with E-state index in [1.54, 1.807) is 6.07 Å². The largest absolute Gasteiger partial charge is 0.492 e. The fourth-order valence-corrected chi connectivity index (χ4v) is 3.48. The van der Waals surface area contributed by atoms with E-state index in [1.807, 2.05) is 18.2 Å². The lowest BCUT2D eigenvalue weighted by molar-refractivity contribution is 0.0702. The summed E-state index contributed by atoms with van der Waals surface area (Å²) in [5.74, 6) is -0.0946. The van der Waals surface area contributed by atoms with Crippen LogP contribution in [0.1, 0.15) is 37.4 Å². The standard InChI is InChI=1S/C17H23NO3S/c1-11(2)18(12(3)4)7-8-21-14-5-6-15-13(9-14)10-16(22-15)17(19)20/h5-6,9-12H,7-8H2,1-4H3,(H,19,20). The van der Waals surface area contributed by atoms with Crippen LogP contribution in [0, 0.1) is 0 Å². The number of carboxylic acid groups (broad SMARTS) is 1. The summed E-state index contributed by atoms with van der Waals surface area (Å²) < 4.78 is 6.80. The van der Waals surface area contributed by atoms with Gasteiger partial charge in [0.15, 0.2) is 0 Å². The van der Waals surface area contributed by atoms with Crippen molar-refractivity contribution in [3.8, 4) is 5.75 Å². The van der Waals surface area contributed by atoms with E-state index in [-0.39, 0.29) is 0 Å². The van der Waals surface area contributed by atoms with Gasteiger partial charge in [-0.05, 0) is 57.3 Å². The average molecular weight is 321 g/mol. The molecule has 120 valence electrons. The molecule has 1 N–H and O–H groups in total. The van der Waals surface area contributed by atoms with E-state index in [0.717, 1.165) is 22.4 Å². The highest BCUT2D eigenvalue weighted by Gasteiger charge is 2.13. The zero-order chi connectivity index (χ0) is 16.3. The highest BCUT2D eigenvalue weighted by Crippen LogP contribution is 2.29. The topological polar surface area (TPSA) is 49.8 Å². The van der Waals surface area contributed by atoms with Crippen LogP contribution < -0.4 is 4.74 Å². The molecule has 5 heteroatoms. The minimum atomic E-state index is -0.881. The van der Waals surface area contributed by atoms with Crippen molar-refractivity contribution in [1.29, 1.82) is 0 Å². The number of carboxylic acids is 1. The minimum Gasteiger partial charge on any atom is -0.492 e. The van der Waals surface area contributed by atoms with Crippen molar-refractivity contribution >= 4 is 27.4 Å². The Labute approximate surface area is 135 Å². The number of rotatable bonds is 7. The molecule has 1 aromatic carbocycles. The number of benzene rings is 1. The maximum absolute atomic E-state index is 11.0. The lowest BCUT2D eigenvalue weighted by Gasteiger charge is -2.30. The van der Waals surface area contributed by atoms with Crippen molar-refractivity contribution < 1.29 is 14.6 Å². The molecule has 0 unspecified atom stereocenters. The fourth-order valence-electron chi connectivity index (χ4n) is 2.60. The van der Waals surface area contributed by atoms with Crippen LogP contribution in [0.2, 0.25) is 0 Å². The molecule has 0 radical (unpaired) electrons. The highest BCUT2D eigenvalue weighted by atomic mass is 32.1. The molecule has 0 saturated heterocycles. The molecule has 0 saturated carbocycles. The lowest BCUT2D eigenvalue weighted by Crippen LogP contribution is -2.39. The van der Waals surface area contributed by atoms with Gasteiger partial charge in [-0.2, -0.15) is 0 Å². The zero-order valence-corrected chi connectivity index (χ0v) is 14.3. The van der Waals surface area contributed by atoms with Crippen LogP contribution in [0.15, 0.2) is 24.3 Å². The molecular formula is C17H23NO3S. The summed E-state index contributed by atoms with van der Waals surface area (Å²) >= 11 is 1.29. The Morgan fingerprint density at radius 1 is 1.23 bits per heavy atom. The third kappa shape index (κ3) is 3.99. The van der Waals surface area contributed by atoms with Crippen molar-refractivity contribution in [2.24, 2.45) is 0 Å². The van der Waals surface area contributed by atoms with Gasteiger partial charge in [0, 0.05) is 23.3 Å². The van der Waals surface area contributed by atoms with Gasteiger partial charge in [0.1, 0.15) is 17.2 Å². The molecule has 0 fully saturated rings. The summed E-state index contributed by atoms with van der Waals surface area (Å²) in [6, 6.07) is 8.41. The maximum Gasteiger partial charge on any atom is 0.345 e. The van der Waals surface area contributed by atoms with Crippen molar-refractivity contribution in [3.05, 3.63) is 29.1 Å². The number of ether oxygens (including phenoxy) is 1. The van der Waals surface area contributed by atoms with E-state index < -0.39 is 5.97 Å². The second kappa shape index (κ2) is 7.11. The Kier molecular flexibility index (Phi) is 5.42. The molecule has 1 aromatic heterocycles. The first kappa shape index (κ1) is 16.8. The second-order valence-electron chi connectivity index (χ2n) is 5.89. The number of hydrogen-bond acceptors (Lipinski definition) is 4. The average Bonchev–Trinajstić information content (AvgIpc) is 2.86. The Bertz CT molecular complexity index is 640. The smallest absolute Gasteiger partial charge is 0.345 e.